The zero-order valence-corrected chi connectivity index (χ0v) is 15.8. The van der Waals surface area contributed by atoms with Crippen LogP contribution in [0.5, 0.6) is 0 Å². The lowest BCUT2D eigenvalue weighted by atomic mass is 9.83. The Balaban J connectivity index is 1.76. The first-order valence-corrected chi connectivity index (χ1v) is 9.59. The lowest BCUT2D eigenvalue weighted by molar-refractivity contribution is -0.139. The molecule has 150 valence electrons. The molecule has 0 nitrogen and oxygen atoms in total. The van der Waals surface area contributed by atoms with Gasteiger partial charge >= 0.3 is 6.18 Å². The third-order valence-corrected chi connectivity index (χ3v) is 5.44. The summed E-state index contributed by atoms with van der Waals surface area (Å²) in [7, 11) is 0. The van der Waals surface area contributed by atoms with E-state index in [2.05, 4.69) is 19.1 Å². The van der Waals surface area contributed by atoms with Gasteiger partial charge in [-0.05, 0) is 76.9 Å². The van der Waals surface area contributed by atoms with Gasteiger partial charge in [-0.1, -0.05) is 37.6 Å². The van der Waals surface area contributed by atoms with Crippen molar-refractivity contribution in [2.24, 2.45) is 0 Å². The molecule has 0 spiro atoms. The van der Waals surface area contributed by atoms with Crippen LogP contribution < -0.4 is 0 Å². The second-order valence-electron chi connectivity index (χ2n) is 7.42. The Morgan fingerprint density at radius 2 is 1.48 bits per heavy atom. The van der Waals surface area contributed by atoms with Crippen LogP contribution in [-0.4, -0.2) is 0 Å². The van der Waals surface area contributed by atoms with Gasteiger partial charge in [-0.3, -0.25) is 0 Å². The van der Waals surface area contributed by atoms with E-state index in [1.54, 1.807) is 6.07 Å². The van der Waals surface area contributed by atoms with Gasteiger partial charge in [0.05, 0.1) is 5.56 Å². The number of fused-ring (bicyclic) bond motifs is 3. The Kier molecular flexibility index (Phi) is 4.93. The van der Waals surface area contributed by atoms with Crippen LogP contribution in [-0.2, 0) is 25.4 Å². The second-order valence-corrected chi connectivity index (χ2v) is 7.42. The largest absolute Gasteiger partial charge is 0.419 e. The van der Waals surface area contributed by atoms with Crippen molar-refractivity contribution in [1.82, 2.24) is 0 Å². The van der Waals surface area contributed by atoms with Gasteiger partial charge in [0.2, 0.25) is 0 Å². The molecule has 0 atom stereocenters. The van der Waals surface area contributed by atoms with Crippen LogP contribution in [0, 0.1) is 11.6 Å². The maximum absolute atomic E-state index is 14.9. The van der Waals surface area contributed by atoms with E-state index in [1.807, 2.05) is 6.07 Å². The number of halogens is 5. The smallest absolute Gasteiger partial charge is 0.206 e. The summed E-state index contributed by atoms with van der Waals surface area (Å²) in [6.45, 7) is 2.12. The topological polar surface area (TPSA) is 0 Å². The first-order valence-electron chi connectivity index (χ1n) is 9.59. The van der Waals surface area contributed by atoms with Gasteiger partial charge in [-0.2, -0.15) is 13.2 Å². The first kappa shape index (κ1) is 19.6. The van der Waals surface area contributed by atoms with Crippen LogP contribution in [0.1, 0.15) is 35.6 Å². The van der Waals surface area contributed by atoms with E-state index in [4.69, 9.17) is 0 Å². The SMILES string of the molecule is CCCc1ccc2c(c1)CCc1cc(-c3ccc(C(F)(F)F)c(F)c3)c(F)cc1-2. The molecule has 0 amide bonds. The minimum absolute atomic E-state index is 0.0971. The van der Waals surface area contributed by atoms with Crippen LogP contribution in [0.25, 0.3) is 22.3 Å². The number of rotatable bonds is 3. The number of aryl methyl sites for hydroxylation is 3. The van der Waals surface area contributed by atoms with Gasteiger partial charge in [0.1, 0.15) is 11.6 Å². The Labute approximate surface area is 166 Å². The zero-order valence-electron chi connectivity index (χ0n) is 15.8. The molecule has 4 rings (SSSR count). The third kappa shape index (κ3) is 3.66. The summed E-state index contributed by atoms with van der Waals surface area (Å²) in [6.07, 6.45) is -1.22. The lowest BCUT2D eigenvalue weighted by Gasteiger charge is -2.22. The highest BCUT2D eigenvalue weighted by Gasteiger charge is 2.34. The molecule has 1 aliphatic rings. The Bertz CT molecular complexity index is 1080. The van der Waals surface area contributed by atoms with Crippen molar-refractivity contribution < 1.29 is 22.0 Å². The maximum atomic E-state index is 14.9. The van der Waals surface area contributed by atoms with Crippen molar-refractivity contribution >= 4 is 0 Å². The highest BCUT2D eigenvalue weighted by Crippen LogP contribution is 2.39. The third-order valence-electron chi connectivity index (χ3n) is 5.44. The van der Waals surface area contributed by atoms with Crippen molar-refractivity contribution in [3.05, 3.63) is 82.4 Å². The first-order chi connectivity index (χ1) is 13.8. The Hall–Kier alpha value is -2.69. The molecule has 0 N–H and O–H groups in total. The monoisotopic (exact) mass is 402 g/mol. The number of alkyl halides is 3. The summed E-state index contributed by atoms with van der Waals surface area (Å²) in [5, 5.41) is 0. The van der Waals surface area contributed by atoms with Gasteiger partial charge in [-0.15, -0.1) is 0 Å². The van der Waals surface area contributed by atoms with Crippen molar-refractivity contribution in [1.29, 1.82) is 0 Å². The molecule has 0 saturated heterocycles. The average Bonchev–Trinajstić information content (AvgIpc) is 2.66. The van der Waals surface area contributed by atoms with Crippen molar-refractivity contribution in [2.45, 2.75) is 38.8 Å². The van der Waals surface area contributed by atoms with Crippen molar-refractivity contribution in [3.8, 4) is 22.3 Å². The van der Waals surface area contributed by atoms with E-state index in [-0.39, 0.29) is 11.1 Å². The van der Waals surface area contributed by atoms with Crippen LogP contribution in [0.2, 0.25) is 0 Å². The Morgan fingerprint density at radius 3 is 2.14 bits per heavy atom. The van der Waals surface area contributed by atoms with Crippen molar-refractivity contribution in [3.63, 3.8) is 0 Å². The highest BCUT2D eigenvalue weighted by molar-refractivity contribution is 5.78. The molecule has 0 radical (unpaired) electrons. The van der Waals surface area contributed by atoms with Crippen LogP contribution >= 0.6 is 0 Å². The van der Waals surface area contributed by atoms with Crippen molar-refractivity contribution in [2.75, 3.05) is 0 Å². The van der Waals surface area contributed by atoms with Gasteiger partial charge in [0.15, 0.2) is 0 Å². The summed E-state index contributed by atoms with van der Waals surface area (Å²) in [5.41, 5.74) is 3.98. The second kappa shape index (κ2) is 7.29. The molecule has 0 saturated carbocycles. The standard InChI is InChI=1S/C24H19F5/c1-2-3-14-4-8-18-15(10-14)5-6-16-11-20(22(25)13-19(16)18)17-7-9-21(23(26)12-17)24(27,28)29/h4,7-13H,2-3,5-6H2,1H3. The normalized spacial score (nSPS) is 13.2. The predicted molar refractivity (Wildman–Crippen MR) is 104 cm³/mol. The lowest BCUT2D eigenvalue weighted by Crippen LogP contribution is -2.08. The van der Waals surface area contributed by atoms with Gasteiger partial charge < -0.3 is 0 Å². The minimum Gasteiger partial charge on any atom is -0.206 e. The van der Waals surface area contributed by atoms with Gasteiger partial charge in [-0.25, -0.2) is 8.78 Å². The molecule has 0 aliphatic heterocycles. The summed E-state index contributed by atoms with van der Waals surface area (Å²) in [6, 6.07) is 11.8. The molecule has 0 bridgehead atoms. The molecule has 29 heavy (non-hydrogen) atoms. The molecular weight excluding hydrogens is 383 g/mol. The van der Waals surface area contributed by atoms with Crippen LogP contribution in [0.3, 0.4) is 0 Å². The number of benzene rings is 3. The molecular formula is C24H19F5. The zero-order chi connectivity index (χ0) is 20.8. The molecule has 3 aromatic rings. The van der Waals surface area contributed by atoms with E-state index in [0.717, 1.165) is 48.1 Å². The molecule has 3 aromatic carbocycles. The van der Waals surface area contributed by atoms with Crippen LogP contribution in [0.4, 0.5) is 22.0 Å². The number of hydrogen-bond donors (Lipinski definition) is 0. The fourth-order valence-corrected chi connectivity index (χ4v) is 4.04. The number of hydrogen-bond acceptors (Lipinski definition) is 0. The Morgan fingerprint density at radius 1 is 0.759 bits per heavy atom. The highest BCUT2D eigenvalue weighted by atomic mass is 19.4. The summed E-state index contributed by atoms with van der Waals surface area (Å²) >= 11 is 0. The van der Waals surface area contributed by atoms with E-state index in [9.17, 15) is 22.0 Å². The molecule has 0 unspecified atom stereocenters. The molecule has 5 heteroatoms. The molecule has 1 aliphatic carbocycles. The van der Waals surface area contributed by atoms with E-state index < -0.39 is 23.4 Å². The van der Waals surface area contributed by atoms with Crippen LogP contribution in [0.15, 0.2) is 48.5 Å². The average molecular weight is 402 g/mol. The van der Waals surface area contributed by atoms with Gasteiger partial charge in [0.25, 0.3) is 0 Å². The van der Waals surface area contributed by atoms with E-state index in [0.29, 0.717) is 12.5 Å². The molecule has 0 fully saturated rings. The maximum Gasteiger partial charge on any atom is 0.419 e. The van der Waals surface area contributed by atoms with E-state index >= 15 is 0 Å². The molecule has 0 heterocycles. The quantitative estimate of drug-likeness (QED) is 0.401. The minimum atomic E-state index is -4.78. The summed E-state index contributed by atoms with van der Waals surface area (Å²) in [5.74, 6) is -1.98. The summed E-state index contributed by atoms with van der Waals surface area (Å²) < 4.78 is 67.2. The fraction of sp³-hybridized carbons (Fsp3) is 0.250. The predicted octanol–water partition coefficient (Wildman–Crippen LogP) is 7.37. The summed E-state index contributed by atoms with van der Waals surface area (Å²) in [4.78, 5) is 0. The van der Waals surface area contributed by atoms with Gasteiger partial charge in [0, 0.05) is 5.56 Å². The van der Waals surface area contributed by atoms with E-state index in [1.165, 1.54) is 17.2 Å². The molecule has 0 aromatic heterocycles. The fourth-order valence-electron chi connectivity index (χ4n) is 4.04.